The Morgan fingerprint density at radius 1 is 1.15 bits per heavy atom. The first-order chi connectivity index (χ1) is 12.4. The van der Waals surface area contributed by atoms with Crippen molar-refractivity contribution in [1.29, 1.82) is 0 Å². The SMILES string of the molecule is CCNC(=NCc1cccc(S(N)(=O)=O)c1)NCCc1ccccc1Cl.I. The maximum Gasteiger partial charge on any atom is 0.238 e. The monoisotopic (exact) mass is 522 g/mol. The third kappa shape index (κ3) is 8.04. The number of nitrogens with one attached hydrogen (secondary N) is 2. The van der Waals surface area contributed by atoms with Gasteiger partial charge < -0.3 is 10.6 Å². The molecule has 27 heavy (non-hydrogen) atoms. The molecule has 2 aromatic carbocycles. The highest BCUT2D eigenvalue weighted by atomic mass is 127. The van der Waals surface area contributed by atoms with Gasteiger partial charge in [-0.1, -0.05) is 41.9 Å². The van der Waals surface area contributed by atoms with E-state index in [1.807, 2.05) is 37.3 Å². The standard InChI is InChI=1S/C18H23ClN4O2S.HI/c1-2-21-18(22-11-10-15-7-3-4-9-17(15)19)23-13-14-6-5-8-16(12-14)26(20,24)25;/h3-9,12H,2,10-11,13H2,1H3,(H2,20,24,25)(H2,21,22,23);1H. The molecule has 4 N–H and O–H groups in total. The molecule has 148 valence electrons. The minimum absolute atomic E-state index is 0. The summed E-state index contributed by atoms with van der Waals surface area (Å²) in [5, 5.41) is 12.3. The minimum Gasteiger partial charge on any atom is -0.357 e. The molecule has 0 bridgehead atoms. The van der Waals surface area contributed by atoms with Gasteiger partial charge in [0, 0.05) is 18.1 Å². The van der Waals surface area contributed by atoms with E-state index < -0.39 is 10.0 Å². The lowest BCUT2D eigenvalue weighted by Gasteiger charge is -2.12. The smallest absolute Gasteiger partial charge is 0.238 e. The van der Waals surface area contributed by atoms with E-state index in [1.165, 1.54) is 12.1 Å². The molecular weight excluding hydrogens is 499 g/mol. The summed E-state index contributed by atoms with van der Waals surface area (Å²) < 4.78 is 22.9. The van der Waals surface area contributed by atoms with Crippen LogP contribution in [-0.4, -0.2) is 27.5 Å². The normalized spacial score (nSPS) is 11.6. The second-order valence-electron chi connectivity index (χ2n) is 5.66. The van der Waals surface area contributed by atoms with Crippen LogP contribution in [0, 0.1) is 0 Å². The third-order valence-electron chi connectivity index (χ3n) is 3.64. The second-order valence-corrected chi connectivity index (χ2v) is 7.62. The van der Waals surface area contributed by atoms with Crippen LogP contribution in [0.4, 0.5) is 0 Å². The van der Waals surface area contributed by atoms with Gasteiger partial charge in [0.05, 0.1) is 11.4 Å². The summed E-state index contributed by atoms with van der Waals surface area (Å²) in [4.78, 5) is 4.57. The Morgan fingerprint density at radius 3 is 2.56 bits per heavy atom. The van der Waals surface area contributed by atoms with Crippen LogP contribution in [0.5, 0.6) is 0 Å². The molecule has 0 saturated heterocycles. The highest BCUT2D eigenvalue weighted by Crippen LogP contribution is 2.14. The van der Waals surface area contributed by atoms with E-state index in [0.717, 1.165) is 29.1 Å². The molecule has 0 heterocycles. The van der Waals surface area contributed by atoms with Crippen LogP contribution in [0.3, 0.4) is 0 Å². The fourth-order valence-electron chi connectivity index (χ4n) is 2.35. The first kappa shape index (κ1) is 23.7. The molecule has 0 amide bonds. The second kappa shape index (κ2) is 11.5. The summed E-state index contributed by atoms with van der Waals surface area (Å²) in [6.07, 6.45) is 0.769. The first-order valence-electron chi connectivity index (χ1n) is 8.27. The quantitative estimate of drug-likeness (QED) is 0.296. The van der Waals surface area contributed by atoms with Crippen LogP contribution in [0.1, 0.15) is 18.1 Å². The Labute approximate surface area is 182 Å². The predicted octanol–water partition coefficient (Wildman–Crippen LogP) is 2.90. The summed E-state index contributed by atoms with van der Waals surface area (Å²) >= 11 is 6.16. The zero-order valence-corrected chi connectivity index (χ0v) is 18.9. The van der Waals surface area contributed by atoms with E-state index in [-0.39, 0.29) is 28.9 Å². The molecule has 0 aliphatic heterocycles. The lowest BCUT2D eigenvalue weighted by atomic mass is 10.1. The van der Waals surface area contributed by atoms with Gasteiger partial charge in [0.15, 0.2) is 5.96 Å². The van der Waals surface area contributed by atoms with Gasteiger partial charge in [-0.3, -0.25) is 0 Å². The van der Waals surface area contributed by atoms with Crippen molar-refractivity contribution < 1.29 is 8.42 Å². The number of hydrogen-bond donors (Lipinski definition) is 3. The zero-order valence-electron chi connectivity index (χ0n) is 15.0. The fourth-order valence-corrected chi connectivity index (χ4v) is 3.16. The molecule has 6 nitrogen and oxygen atoms in total. The largest absolute Gasteiger partial charge is 0.357 e. The number of aliphatic imine (C=N–C) groups is 1. The minimum atomic E-state index is -3.72. The average Bonchev–Trinajstić information content (AvgIpc) is 2.61. The van der Waals surface area contributed by atoms with Crippen molar-refractivity contribution in [1.82, 2.24) is 10.6 Å². The van der Waals surface area contributed by atoms with Crippen LogP contribution in [-0.2, 0) is 23.0 Å². The molecule has 0 radical (unpaired) electrons. The zero-order chi connectivity index (χ0) is 19.0. The van der Waals surface area contributed by atoms with E-state index >= 15 is 0 Å². The summed E-state index contributed by atoms with van der Waals surface area (Å²) in [7, 11) is -3.72. The molecule has 2 aromatic rings. The van der Waals surface area contributed by atoms with Crippen molar-refractivity contribution in [3.63, 3.8) is 0 Å². The molecule has 0 fully saturated rings. The number of sulfonamides is 1. The van der Waals surface area contributed by atoms with E-state index in [0.29, 0.717) is 19.0 Å². The number of guanidine groups is 1. The van der Waals surface area contributed by atoms with Gasteiger partial charge in [-0.2, -0.15) is 0 Å². The highest BCUT2D eigenvalue weighted by Gasteiger charge is 2.08. The average molecular weight is 523 g/mol. The third-order valence-corrected chi connectivity index (χ3v) is 4.92. The lowest BCUT2D eigenvalue weighted by Crippen LogP contribution is -2.38. The van der Waals surface area contributed by atoms with Crippen molar-refractivity contribution in [3.05, 3.63) is 64.7 Å². The number of nitrogens with zero attached hydrogens (tertiary/aromatic N) is 1. The summed E-state index contributed by atoms with van der Waals surface area (Å²) in [6.45, 7) is 3.71. The first-order valence-corrected chi connectivity index (χ1v) is 10.2. The summed E-state index contributed by atoms with van der Waals surface area (Å²) in [5.41, 5.74) is 1.83. The van der Waals surface area contributed by atoms with Crippen LogP contribution >= 0.6 is 35.6 Å². The maximum atomic E-state index is 11.4. The van der Waals surface area contributed by atoms with Gasteiger partial charge in [-0.05, 0) is 42.7 Å². The Morgan fingerprint density at radius 2 is 1.89 bits per heavy atom. The number of primary sulfonamides is 1. The van der Waals surface area contributed by atoms with Gasteiger partial charge >= 0.3 is 0 Å². The molecule has 0 aliphatic carbocycles. The van der Waals surface area contributed by atoms with E-state index in [9.17, 15) is 8.42 Å². The molecule has 0 aliphatic rings. The maximum absolute atomic E-state index is 11.4. The fraction of sp³-hybridized carbons (Fsp3) is 0.278. The highest BCUT2D eigenvalue weighted by molar-refractivity contribution is 14.0. The van der Waals surface area contributed by atoms with Gasteiger partial charge in [-0.15, -0.1) is 24.0 Å². The van der Waals surface area contributed by atoms with Crippen LogP contribution in [0.15, 0.2) is 58.4 Å². The number of halogens is 2. The number of benzene rings is 2. The van der Waals surface area contributed by atoms with Crippen molar-refractivity contribution >= 4 is 51.6 Å². The van der Waals surface area contributed by atoms with Crippen molar-refractivity contribution in [2.45, 2.75) is 24.8 Å². The van der Waals surface area contributed by atoms with Crippen LogP contribution < -0.4 is 15.8 Å². The molecule has 0 aromatic heterocycles. The Kier molecular flexibility index (Phi) is 10.1. The summed E-state index contributed by atoms with van der Waals surface area (Å²) in [5.74, 6) is 0.653. The van der Waals surface area contributed by atoms with Crippen molar-refractivity contribution in [3.8, 4) is 0 Å². The van der Waals surface area contributed by atoms with Gasteiger partial charge in [0.1, 0.15) is 0 Å². The van der Waals surface area contributed by atoms with E-state index in [2.05, 4.69) is 15.6 Å². The molecule has 0 unspecified atom stereocenters. The lowest BCUT2D eigenvalue weighted by molar-refractivity contribution is 0.597. The Bertz CT molecular complexity index is 875. The Hall–Kier alpha value is -1.36. The number of hydrogen-bond acceptors (Lipinski definition) is 3. The van der Waals surface area contributed by atoms with E-state index in [4.69, 9.17) is 16.7 Å². The van der Waals surface area contributed by atoms with Crippen molar-refractivity contribution in [2.24, 2.45) is 10.1 Å². The van der Waals surface area contributed by atoms with E-state index in [1.54, 1.807) is 6.07 Å². The topological polar surface area (TPSA) is 96.6 Å². The molecular formula is C18H24ClIN4O2S. The van der Waals surface area contributed by atoms with Gasteiger partial charge in [0.2, 0.25) is 10.0 Å². The molecule has 2 rings (SSSR count). The van der Waals surface area contributed by atoms with Gasteiger partial charge in [-0.25, -0.2) is 18.5 Å². The molecule has 0 atom stereocenters. The van der Waals surface area contributed by atoms with Crippen molar-refractivity contribution in [2.75, 3.05) is 13.1 Å². The summed E-state index contributed by atoms with van der Waals surface area (Å²) in [6, 6.07) is 14.2. The van der Waals surface area contributed by atoms with Crippen LogP contribution in [0.25, 0.3) is 0 Å². The molecule has 0 saturated carbocycles. The predicted molar refractivity (Wildman–Crippen MR) is 121 cm³/mol. The Balaban J connectivity index is 0.00000364. The van der Waals surface area contributed by atoms with Crippen LogP contribution in [0.2, 0.25) is 5.02 Å². The number of nitrogens with two attached hydrogens (primary N) is 1. The molecule has 9 heteroatoms. The number of rotatable bonds is 7. The van der Waals surface area contributed by atoms with Gasteiger partial charge in [0.25, 0.3) is 0 Å². The molecule has 0 spiro atoms.